The molecule has 40 heteroatoms. The third-order valence-corrected chi connectivity index (χ3v) is 17.9. The van der Waals surface area contributed by atoms with E-state index in [0.717, 1.165) is 0 Å². The molecule has 0 spiro atoms. The molecule has 4 N–H and O–H groups in total. The van der Waals surface area contributed by atoms with E-state index in [1.165, 1.54) is 0 Å². The maximum Gasteiger partial charge on any atom is 0.200 e. The quantitative estimate of drug-likeness (QED) is 0.0726. The maximum absolute atomic E-state index is 16.6. The van der Waals surface area contributed by atoms with Gasteiger partial charge in [0.05, 0.1) is 76.3 Å². The van der Waals surface area contributed by atoms with Gasteiger partial charge < -0.3 is 19.9 Å². The highest BCUT2D eigenvalue weighted by molar-refractivity contribution is 6.59. The lowest BCUT2D eigenvalue weighted by molar-refractivity contribution is 0.376. The van der Waals surface area contributed by atoms with Gasteiger partial charge in [-0.05, 0) is 48.5 Å². The van der Waals surface area contributed by atoms with E-state index in [2.05, 4.69) is 9.98 Å². The zero-order valence-electron chi connectivity index (χ0n) is 49.4. The third-order valence-electron chi connectivity index (χ3n) is 16.3. The number of rotatable bonds is 6. The SMILES string of the molecule is Fc1c(F)c(F)c(C2=C3N=C(C(Cl)=C3Cl)C(c3c(F)c(F)c(F)c(F)c3F)=c3ccc([nH]3)=C(c3c(F)c(F)c(F)c(F)c3F)c3ccc([nH]3)C(c3c(F)c(F)c(F)c(F)c3F)=C3N=C(C(Cl)=C3Cl)C(c3c(F)c(F)c(F)c(F)c3F)=c3ccc([nH]3)=C(c3c(F)c(F)c(F)c(F)c3F)c3ccc2[nH]3)c(F)c1F. The Kier molecular flexibility index (Phi) is 18.1. The molecule has 4 aromatic heterocycles. The average molecular weight is 1600 g/mol. The fourth-order valence-electron chi connectivity index (χ4n) is 11.5. The molecule has 0 saturated heterocycles. The first-order valence-corrected chi connectivity index (χ1v) is 29.5. The molecular weight excluding hydrogens is 1590 g/mol. The van der Waals surface area contributed by atoms with Gasteiger partial charge in [-0.1, -0.05) is 46.4 Å². The highest BCUT2D eigenvalue weighted by Crippen LogP contribution is 2.48. The predicted molar refractivity (Wildman–Crippen MR) is 312 cm³/mol. The number of allylic oxidation sites excluding steroid dienone is 4. The van der Waals surface area contributed by atoms with Gasteiger partial charge >= 0.3 is 0 Å². The fraction of sp³-hybridized carbons (Fsp3) is 0. The minimum absolute atomic E-state index is 0.301. The molecule has 0 fully saturated rings. The molecule has 0 atom stereocenters. The summed E-state index contributed by atoms with van der Waals surface area (Å²) in [6.45, 7) is 0. The van der Waals surface area contributed by atoms with Gasteiger partial charge in [-0.15, -0.1) is 0 Å². The van der Waals surface area contributed by atoms with E-state index >= 15 is 105 Å². The second kappa shape index (κ2) is 26.1. The highest BCUT2D eigenvalue weighted by atomic mass is 35.5. The number of aromatic amines is 4. The van der Waals surface area contributed by atoms with Crippen LogP contribution in [-0.4, -0.2) is 31.4 Å². The number of H-pyrrole nitrogens is 4. The van der Waals surface area contributed by atoms with Crippen LogP contribution in [-0.2, 0) is 0 Å². The Labute approximate surface area is 582 Å². The van der Waals surface area contributed by atoms with Gasteiger partial charge in [0, 0.05) is 77.6 Å². The third kappa shape index (κ3) is 10.6. The van der Waals surface area contributed by atoms with Gasteiger partial charge in [0.1, 0.15) is 0 Å². The van der Waals surface area contributed by atoms with Crippen molar-refractivity contribution in [2.75, 3.05) is 0 Å². The lowest BCUT2D eigenvalue weighted by atomic mass is 9.98. The summed E-state index contributed by atoms with van der Waals surface area (Å²) in [5.74, 6) is -88.3. The molecule has 544 valence electrons. The van der Waals surface area contributed by atoms with Crippen molar-refractivity contribution in [1.29, 1.82) is 0 Å². The number of benzene rings is 6. The Bertz CT molecular complexity index is 5720. The van der Waals surface area contributed by atoms with Gasteiger partial charge in [0.15, 0.2) is 140 Å². The number of halogens is 34. The minimum Gasteiger partial charge on any atom is -0.354 e. The van der Waals surface area contributed by atoms with Crippen molar-refractivity contribution in [3.05, 3.63) is 332 Å². The molecule has 3 aliphatic heterocycles. The molecule has 0 saturated carbocycles. The first-order chi connectivity index (χ1) is 49.8. The first-order valence-electron chi connectivity index (χ1n) is 28.0. The normalized spacial score (nSPS) is 14.4. The molecule has 0 amide bonds. The summed E-state index contributed by atoms with van der Waals surface area (Å²) in [6, 6.07) is 2.48. The van der Waals surface area contributed by atoms with Crippen LogP contribution in [0.5, 0.6) is 0 Å². The lowest BCUT2D eigenvalue weighted by Crippen LogP contribution is -2.23. The van der Waals surface area contributed by atoms with Crippen molar-refractivity contribution in [3.63, 3.8) is 0 Å². The summed E-state index contributed by atoms with van der Waals surface area (Å²) in [6.07, 6.45) is 0. The molecule has 6 nitrogen and oxygen atoms in total. The van der Waals surface area contributed by atoms with E-state index in [1.54, 1.807) is 0 Å². The van der Waals surface area contributed by atoms with E-state index in [1.807, 2.05) is 19.9 Å². The molecule has 106 heavy (non-hydrogen) atoms. The van der Waals surface area contributed by atoms with E-state index in [9.17, 15) is 26.3 Å². The summed E-state index contributed by atoms with van der Waals surface area (Å²) < 4.78 is 477. The van der Waals surface area contributed by atoms with Crippen molar-refractivity contribution in [2.24, 2.45) is 9.98 Å². The van der Waals surface area contributed by atoms with Gasteiger partial charge in [0.2, 0.25) is 34.9 Å². The monoisotopic (exact) mass is 1600 g/mol. The molecule has 6 aromatic carbocycles. The molecule has 10 aromatic rings. The van der Waals surface area contributed by atoms with Crippen LogP contribution in [0, 0.1) is 175 Å². The van der Waals surface area contributed by atoms with Crippen LogP contribution in [0.1, 0.15) is 56.2 Å². The number of aliphatic imine (C=N–C) groups is 2. The number of aromatic nitrogens is 4. The van der Waals surface area contributed by atoms with E-state index in [4.69, 9.17) is 46.4 Å². The lowest BCUT2D eigenvalue weighted by Gasteiger charge is -2.15. The summed E-state index contributed by atoms with van der Waals surface area (Å²) >= 11 is 26.5. The molecule has 0 unspecified atom stereocenters. The van der Waals surface area contributed by atoms with Gasteiger partial charge in [-0.25, -0.2) is 142 Å². The van der Waals surface area contributed by atoms with Crippen LogP contribution in [0.4, 0.5) is 132 Å². The Balaban J connectivity index is 1.33. The molecule has 7 heterocycles. The number of nitrogens with zero attached hydrogens (tertiary/aromatic N) is 2. The Hall–Kier alpha value is -10.7. The van der Waals surface area contributed by atoms with Crippen LogP contribution in [0.15, 0.2) is 90.0 Å². The molecule has 3 aliphatic rings. The van der Waals surface area contributed by atoms with E-state index in [0.29, 0.717) is 48.5 Å². The smallest absolute Gasteiger partial charge is 0.200 e. The second-order valence-electron chi connectivity index (χ2n) is 21.9. The van der Waals surface area contributed by atoms with Crippen LogP contribution in [0.3, 0.4) is 0 Å². The number of nitrogens with one attached hydrogen (secondary N) is 4. The van der Waals surface area contributed by atoms with Crippen LogP contribution < -0.4 is 21.4 Å². The molecule has 12 bridgehead atoms. The fourth-order valence-corrected chi connectivity index (χ4v) is 12.4. The Morgan fingerprint density at radius 3 is 0.547 bits per heavy atom. The first kappa shape index (κ1) is 73.6. The average Bonchev–Trinajstić information content (AvgIpc) is 1.57. The van der Waals surface area contributed by atoms with Gasteiger partial charge in [-0.2, -0.15) is 0 Å². The van der Waals surface area contributed by atoms with E-state index in [-0.39, 0.29) is 0 Å². The van der Waals surface area contributed by atoms with Gasteiger partial charge in [0.25, 0.3) is 0 Å². The Morgan fingerprint density at radius 1 is 0.179 bits per heavy atom. The Morgan fingerprint density at radius 2 is 0.340 bits per heavy atom. The van der Waals surface area contributed by atoms with Crippen LogP contribution >= 0.6 is 46.4 Å². The van der Waals surface area contributed by atoms with Crippen molar-refractivity contribution in [2.45, 2.75) is 0 Å². The maximum atomic E-state index is 16.6. The largest absolute Gasteiger partial charge is 0.354 e. The number of hydrogen-bond donors (Lipinski definition) is 4. The van der Waals surface area contributed by atoms with Crippen molar-refractivity contribution >= 4 is 91.3 Å². The van der Waals surface area contributed by atoms with E-state index < -0.39 is 328 Å². The van der Waals surface area contributed by atoms with Crippen molar-refractivity contribution in [3.8, 4) is 0 Å². The molecule has 13 rings (SSSR count). The minimum atomic E-state index is -3.00. The van der Waals surface area contributed by atoms with Crippen molar-refractivity contribution in [1.82, 2.24) is 19.9 Å². The van der Waals surface area contributed by atoms with Gasteiger partial charge in [-0.3, -0.25) is 0 Å². The predicted octanol–water partition coefficient (Wildman–Crippen LogP) is 17.6. The van der Waals surface area contributed by atoms with Crippen LogP contribution in [0.25, 0.3) is 33.4 Å². The molecule has 0 radical (unpaired) electrons. The summed E-state index contributed by atoms with van der Waals surface area (Å²) in [5, 5.41) is -11.7. The summed E-state index contributed by atoms with van der Waals surface area (Å²) in [7, 11) is 0. The number of hydrogen-bond acceptors (Lipinski definition) is 2. The molecular formula is C66H12Cl4F30N6. The zero-order valence-corrected chi connectivity index (χ0v) is 52.4. The standard InChI is InChI=1S/C66H12Cl4F30N6/c67-29-30(68)64-21(27-41(79)53(91)61(99)54(92)42(27)80)15-7-3-11(103-15)18(24-35(73)47(85)58(96)48(86)36(24)74)12-4-8-16(104-12)22(28-43(81)55(93)62(100)56(94)44(28)82)66-32(70)31(69)65(106-66)20(26-39(77)51(89)60(98)52(90)40(26)78)14-6-2-10(102-14)17(23-33(71)45(83)57(95)46(84)34(23)72)9-1-5-13(101-9)19(63(29)105-64)25-37(75)49(87)59(97)50(88)38(25)76/h1-8,101-104H. The topological polar surface area (TPSA) is 87.9 Å². The van der Waals surface area contributed by atoms with Crippen LogP contribution in [0.2, 0.25) is 0 Å². The summed E-state index contributed by atoms with van der Waals surface area (Å²) in [4.78, 5) is 15.8. The zero-order chi connectivity index (χ0) is 77.4. The highest BCUT2D eigenvalue weighted by Gasteiger charge is 2.42. The number of fused-ring (bicyclic) bond motifs is 10. The van der Waals surface area contributed by atoms with Crippen molar-refractivity contribution < 1.29 is 132 Å². The summed E-state index contributed by atoms with van der Waals surface area (Å²) in [5.41, 5.74) is -36.5. The second-order valence-corrected chi connectivity index (χ2v) is 23.4. The molecule has 0 aliphatic carbocycles.